The number of ether oxygens (including phenoxy) is 1. The third-order valence-corrected chi connectivity index (χ3v) is 3.10. The Labute approximate surface area is 109 Å². The van der Waals surface area contributed by atoms with Crippen LogP contribution < -0.4 is 4.74 Å². The van der Waals surface area contributed by atoms with Crippen LogP contribution in [0.15, 0.2) is 22.7 Å². The third-order valence-electron chi connectivity index (χ3n) is 1.79. The lowest BCUT2D eigenvalue weighted by molar-refractivity contribution is -0.0329. The molecule has 0 unspecified atom stereocenters. The number of alkyl halides is 3. The van der Waals surface area contributed by atoms with Crippen LogP contribution >= 0.6 is 27.7 Å². The Hall–Kier alpha value is -0.400. The first-order chi connectivity index (χ1) is 7.92. The molecule has 0 spiro atoms. The van der Waals surface area contributed by atoms with Crippen LogP contribution in [0.5, 0.6) is 5.75 Å². The Bertz CT molecular complexity index is 371. The Kier molecular flexibility index (Phi) is 5.61. The number of benzene rings is 1. The maximum Gasteiger partial charge on any atom is 0.441 e. The van der Waals surface area contributed by atoms with E-state index in [2.05, 4.69) is 15.9 Å². The molecular weight excluding hydrogens is 321 g/mol. The molecule has 1 aromatic carbocycles. The zero-order valence-electron chi connectivity index (χ0n) is 8.63. The van der Waals surface area contributed by atoms with Gasteiger partial charge in [-0.3, -0.25) is 0 Å². The van der Waals surface area contributed by atoms with Crippen molar-refractivity contribution in [2.24, 2.45) is 0 Å². The summed E-state index contributed by atoms with van der Waals surface area (Å²) in [5.74, 6) is 0.308. The molecule has 96 valence electrons. The fourth-order valence-electron chi connectivity index (χ4n) is 1.07. The van der Waals surface area contributed by atoms with Crippen molar-refractivity contribution >= 4 is 27.7 Å². The number of hydrogen-bond acceptors (Lipinski definition) is 3. The quantitative estimate of drug-likeness (QED) is 0.837. The van der Waals surface area contributed by atoms with Gasteiger partial charge in [0.1, 0.15) is 5.75 Å². The largest absolute Gasteiger partial charge is 0.492 e. The monoisotopic (exact) mass is 330 g/mol. The molecule has 0 amide bonds. The van der Waals surface area contributed by atoms with Crippen LogP contribution in [0.4, 0.5) is 13.2 Å². The molecule has 2 nitrogen and oxygen atoms in total. The summed E-state index contributed by atoms with van der Waals surface area (Å²) in [5.41, 5.74) is -3.52. The molecular formula is C10H10BrF3O2S. The van der Waals surface area contributed by atoms with Crippen molar-refractivity contribution in [3.63, 3.8) is 0 Å². The van der Waals surface area contributed by atoms with Crippen molar-refractivity contribution in [2.45, 2.75) is 12.1 Å². The van der Waals surface area contributed by atoms with Crippen molar-refractivity contribution in [3.05, 3.63) is 28.2 Å². The summed E-state index contributed by atoms with van der Waals surface area (Å²) in [7, 11) is 0. The summed E-state index contributed by atoms with van der Waals surface area (Å²) in [5, 5.41) is 8.87. The molecule has 0 aromatic heterocycles. The SMILES string of the molecule is OCc1ccc(OCCSC(F)(F)F)c(Br)c1. The number of rotatable bonds is 5. The summed E-state index contributed by atoms with van der Waals surface area (Å²) in [6.07, 6.45) is 0. The highest BCUT2D eigenvalue weighted by Gasteiger charge is 2.27. The highest BCUT2D eigenvalue weighted by molar-refractivity contribution is 9.10. The van der Waals surface area contributed by atoms with Crippen LogP contribution in [-0.2, 0) is 6.61 Å². The Morgan fingerprint density at radius 2 is 2.06 bits per heavy atom. The van der Waals surface area contributed by atoms with Crippen molar-refractivity contribution in [2.75, 3.05) is 12.4 Å². The van der Waals surface area contributed by atoms with Crippen LogP contribution in [0.1, 0.15) is 5.56 Å². The van der Waals surface area contributed by atoms with E-state index in [4.69, 9.17) is 9.84 Å². The first-order valence-corrected chi connectivity index (χ1v) is 6.43. The van der Waals surface area contributed by atoms with E-state index in [0.717, 1.165) is 0 Å². The average molecular weight is 331 g/mol. The predicted molar refractivity (Wildman–Crippen MR) is 64.1 cm³/mol. The van der Waals surface area contributed by atoms with E-state index < -0.39 is 5.51 Å². The normalized spacial score (nSPS) is 11.6. The minimum Gasteiger partial charge on any atom is -0.492 e. The van der Waals surface area contributed by atoms with Gasteiger partial charge in [0.25, 0.3) is 0 Å². The van der Waals surface area contributed by atoms with Crippen LogP contribution in [0.3, 0.4) is 0 Å². The van der Waals surface area contributed by atoms with Gasteiger partial charge >= 0.3 is 5.51 Å². The van der Waals surface area contributed by atoms with Gasteiger partial charge in [-0.1, -0.05) is 6.07 Å². The molecule has 0 atom stereocenters. The van der Waals surface area contributed by atoms with Gasteiger partial charge in [-0.15, -0.1) is 0 Å². The number of aliphatic hydroxyl groups is 1. The number of halogens is 4. The summed E-state index contributed by atoms with van der Waals surface area (Å²) in [6.45, 7) is -0.121. The first kappa shape index (κ1) is 14.7. The zero-order chi connectivity index (χ0) is 12.9. The second kappa shape index (κ2) is 6.51. The van der Waals surface area contributed by atoms with Crippen LogP contribution in [0, 0.1) is 0 Å². The van der Waals surface area contributed by atoms with Crippen LogP contribution in [-0.4, -0.2) is 23.0 Å². The van der Waals surface area contributed by atoms with Crippen LogP contribution in [0.2, 0.25) is 0 Å². The molecule has 0 bridgehead atoms. The summed E-state index contributed by atoms with van der Waals surface area (Å²) < 4.78 is 41.3. The molecule has 0 radical (unpaired) electrons. The van der Waals surface area contributed by atoms with Gasteiger partial charge in [0.05, 0.1) is 17.7 Å². The van der Waals surface area contributed by atoms with E-state index in [1.54, 1.807) is 18.2 Å². The van der Waals surface area contributed by atoms with Gasteiger partial charge in [0.15, 0.2) is 0 Å². The lowest BCUT2D eigenvalue weighted by Crippen LogP contribution is -2.07. The lowest BCUT2D eigenvalue weighted by atomic mass is 10.2. The Morgan fingerprint density at radius 1 is 1.35 bits per heavy atom. The van der Waals surface area contributed by atoms with E-state index >= 15 is 0 Å². The molecule has 1 rings (SSSR count). The molecule has 0 saturated heterocycles. The average Bonchev–Trinajstić information content (AvgIpc) is 2.24. The van der Waals surface area contributed by atoms with Crippen LogP contribution in [0.25, 0.3) is 0 Å². The van der Waals surface area contributed by atoms with Gasteiger partial charge in [0, 0.05) is 5.75 Å². The standard InChI is InChI=1S/C10H10BrF3O2S/c11-8-5-7(6-15)1-2-9(8)16-3-4-17-10(12,13)14/h1-2,5,15H,3-4,6H2. The van der Waals surface area contributed by atoms with Gasteiger partial charge in [-0.05, 0) is 45.4 Å². The molecule has 0 fully saturated rings. The second-order valence-corrected chi connectivity index (χ2v) is 5.08. The van der Waals surface area contributed by atoms with E-state index in [0.29, 0.717) is 15.8 Å². The van der Waals surface area contributed by atoms with Gasteiger partial charge in [0.2, 0.25) is 0 Å². The van der Waals surface area contributed by atoms with E-state index in [9.17, 15) is 13.2 Å². The van der Waals surface area contributed by atoms with Gasteiger partial charge < -0.3 is 9.84 Å². The van der Waals surface area contributed by atoms with Crippen molar-refractivity contribution in [1.82, 2.24) is 0 Å². The highest BCUT2D eigenvalue weighted by Crippen LogP contribution is 2.30. The summed E-state index contributed by atoms with van der Waals surface area (Å²) in [4.78, 5) is 0. The molecule has 0 aliphatic heterocycles. The lowest BCUT2D eigenvalue weighted by Gasteiger charge is -2.10. The van der Waals surface area contributed by atoms with E-state index in [-0.39, 0.29) is 30.7 Å². The topological polar surface area (TPSA) is 29.5 Å². The minimum absolute atomic E-state index is 0.0265. The molecule has 0 heterocycles. The Balaban J connectivity index is 2.42. The fourth-order valence-corrected chi connectivity index (χ4v) is 2.01. The number of thioether (sulfide) groups is 1. The first-order valence-electron chi connectivity index (χ1n) is 4.65. The molecule has 0 aliphatic carbocycles. The Morgan fingerprint density at radius 3 is 2.59 bits per heavy atom. The zero-order valence-corrected chi connectivity index (χ0v) is 11.0. The number of hydrogen-bond donors (Lipinski definition) is 1. The molecule has 1 aromatic rings. The highest BCUT2D eigenvalue weighted by atomic mass is 79.9. The maximum absolute atomic E-state index is 11.8. The van der Waals surface area contributed by atoms with Crippen molar-refractivity contribution < 1.29 is 23.0 Å². The summed E-state index contributed by atoms with van der Waals surface area (Å²) >= 11 is 3.10. The predicted octanol–water partition coefficient (Wildman–Crippen LogP) is 3.57. The molecule has 0 aliphatic rings. The number of aliphatic hydroxyl groups excluding tert-OH is 1. The third kappa shape index (κ3) is 5.65. The molecule has 1 N–H and O–H groups in total. The smallest absolute Gasteiger partial charge is 0.441 e. The van der Waals surface area contributed by atoms with Crippen molar-refractivity contribution in [1.29, 1.82) is 0 Å². The van der Waals surface area contributed by atoms with E-state index in [1.807, 2.05) is 0 Å². The minimum atomic E-state index is -4.22. The summed E-state index contributed by atoms with van der Waals surface area (Å²) in [6, 6.07) is 4.91. The maximum atomic E-state index is 11.8. The van der Waals surface area contributed by atoms with Gasteiger partial charge in [-0.2, -0.15) is 13.2 Å². The van der Waals surface area contributed by atoms with E-state index in [1.165, 1.54) is 0 Å². The van der Waals surface area contributed by atoms with Gasteiger partial charge in [-0.25, -0.2) is 0 Å². The second-order valence-electron chi connectivity index (χ2n) is 3.07. The van der Waals surface area contributed by atoms with Crippen molar-refractivity contribution in [3.8, 4) is 5.75 Å². The molecule has 0 saturated carbocycles. The fraction of sp³-hybridized carbons (Fsp3) is 0.400. The molecule has 7 heteroatoms. The molecule has 17 heavy (non-hydrogen) atoms.